The van der Waals surface area contributed by atoms with Crippen LogP contribution in [0.3, 0.4) is 0 Å². The first-order valence-electron chi connectivity index (χ1n) is 7.81. The molecule has 1 unspecified atom stereocenters. The van der Waals surface area contributed by atoms with Gasteiger partial charge in [0.05, 0.1) is 7.11 Å². The van der Waals surface area contributed by atoms with E-state index >= 15 is 0 Å². The number of carboxylic acid groups (broad SMARTS) is 1. The van der Waals surface area contributed by atoms with Crippen LogP contribution in [0.2, 0.25) is 0 Å². The van der Waals surface area contributed by atoms with Crippen molar-refractivity contribution < 1.29 is 29.3 Å². The summed E-state index contributed by atoms with van der Waals surface area (Å²) < 4.78 is 10.5. The summed E-state index contributed by atoms with van der Waals surface area (Å²) in [6, 6.07) is 0. The van der Waals surface area contributed by atoms with Crippen molar-refractivity contribution in [2.45, 2.75) is 38.5 Å². The summed E-state index contributed by atoms with van der Waals surface area (Å²) in [5.41, 5.74) is 3.02. The first kappa shape index (κ1) is 19.2. The molecule has 1 aliphatic rings. The van der Waals surface area contributed by atoms with Crippen LogP contribution in [0.25, 0.3) is 0 Å². The largest absolute Gasteiger partial charge is 0.507 e. The molecule has 1 aromatic rings. The summed E-state index contributed by atoms with van der Waals surface area (Å²) >= 11 is 1.28. The molecule has 0 aliphatic carbocycles. The van der Waals surface area contributed by atoms with Crippen LogP contribution in [0.4, 0.5) is 0 Å². The molecular weight excluding hydrogens is 344 g/mol. The highest BCUT2D eigenvalue weighted by Crippen LogP contribution is 2.42. The second kappa shape index (κ2) is 7.82. The van der Waals surface area contributed by atoms with Gasteiger partial charge in [-0.25, -0.2) is 4.79 Å². The standard InChI is InChI=1S/C18H22O6S/c1-9(7-13(25-4)17(20)21)5-6-11-15(19)14-12(8-24-18(14)22)10(2)16(11)23-3/h5,13,19H,6-8H2,1-4H3,(H,20,21)/b9-5+. The molecule has 0 saturated carbocycles. The number of hydrogen-bond acceptors (Lipinski definition) is 6. The Morgan fingerprint density at radius 2 is 2.16 bits per heavy atom. The quantitative estimate of drug-likeness (QED) is 0.566. The van der Waals surface area contributed by atoms with Gasteiger partial charge in [-0.1, -0.05) is 11.6 Å². The second-order valence-corrected chi connectivity index (χ2v) is 6.98. The van der Waals surface area contributed by atoms with E-state index in [-0.39, 0.29) is 17.9 Å². The molecule has 7 heteroatoms. The lowest BCUT2D eigenvalue weighted by Gasteiger charge is -2.16. The molecule has 0 radical (unpaired) electrons. The van der Waals surface area contributed by atoms with Gasteiger partial charge in [-0.3, -0.25) is 4.79 Å². The van der Waals surface area contributed by atoms with Crippen molar-refractivity contribution in [1.82, 2.24) is 0 Å². The molecule has 0 bridgehead atoms. The Morgan fingerprint density at radius 1 is 1.48 bits per heavy atom. The van der Waals surface area contributed by atoms with E-state index in [1.54, 1.807) is 6.26 Å². The van der Waals surface area contributed by atoms with Gasteiger partial charge in [-0.2, -0.15) is 0 Å². The van der Waals surface area contributed by atoms with Gasteiger partial charge in [0.2, 0.25) is 0 Å². The minimum absolute atomic E-state index is 0.122. The second-order valence-electron chi connectivity index (χ2n) is 5.94. The van der Waals surface area contributed by atoms with Crippen LogP contribution in [-0.4, -0.2) is 40.8 Å². The molecule has 0 fully saturated rings. The Labute approximate surface area is 150 Å². The fourth-order valence-corrected chi connectivity index (χ4v) is 3.58. The van der Waals surface area contributed by atoms with Crippen molar-refractivity contribution in [1.29, 1.82) is 0 Å². The van der Waals surface area contributed by atoms with E-state index in [9.17, 15) is 14.7 Å². The zero-order valence-corrected chi connectivity index (χ0v) is 15.5. The first-order valence-corrected chi connectivity index (χ1v) is 9.10. The molecule has 0 amide bonds. The number of fused-ring (bicyclic) bond motifs is 1. The van der Waals surface area contributed by atoms with Crippen LogP contribution in [0, 0.1) is 6.92 Å². The van der Waals surface area contributed by atoms with Crippen LogP contribution >= 0.6 is 11.8 Å². The number of hydrogen-bond donors (Lipinski definition) is 2. The first-order chi connectivity index (χ1) is 11.8. The zero-order chi connectivity index (χ0) is 18.7. The van der Waals surface area contributed by atoms with Gasteiger partial charge in [-0.05, 0) is 38.5 Å². The van der Waals surface area contributed by atoms with Crippen LogP contribution in [0.1, 0.15) is 40.4 Å². The molecular formula is C18H22O6S. The number of cyclic esters (lactones) is 1. The van der Waals surface area contributed by atoms with E-state index in [1.165, 1.54) is 18.9 Å². The molecule has 0 saturated heterocycles. The van der Waals surface area contributed by atoms with Gasteiger partial charge < -0.3 is 19.7 Å². The molecule has 2 rings (SSSR count). The van der Waals surface area contributed by atoms with E-state index < -0.39 is 17.2 Å². The van der Waals surface area contributed by atoms with Gasteiger partial charge in [0.15, 0.2) is 0 Å². The predicted octanol–water partition coefficient (Wildman–Crippen LogP) is 3.07. The maximum atomic E-state index is 11.9. The number of esters is 1. The van der Waals surface area contributed by atoms with Crippen LogP contribution in [0.15, 0.2) is 11.6 Å². The normalized spacial score (nSPS) is 14.9. The van der Waals surface area contributed by atoms with Crippen molar-refractivity contribution in [2.24, 2.45) is 0 Å². The number of thioether (sulfide) groups is 1. The molecule has 136 valence electrons. The van der Waals surface area contributed by atoms with E-state index in [2.05, 4.69) is 0 Å². The molecule has 1 heterocycles. The van der Waals surface area contributed by atoms with Crippen molar-refractivity contribution in [3.63, 3.8) is 0 Å². The maximum absolute atomic E-state index is 11.9. The Balaban J connectivity index is 2.35. The molecule has 0 spiro atoms. The molecule has 25 heavy (non-hydrogen) atoms. The fraction of sp³-hybridized carbons (Fsp3) is 0.444. The number of allylic oxidation sites excluding steroid dienone is 2. The minimum atomic E-state index is -0.850. The molecule has 1 aliphatic heterocycles. The van der Waals surface area contributed by atoms with Crippen molar-refractivity contribution in [3.8, 4) is 11.5 Å². The number of phenolic OH excluding ortho intramolecular Hbond substituents is 1. The number of carbonyl (C=O) groups is 2. The van der Waals surface area contributed by atoms with E-state index in [0.717, 1.165) is 11.1 Å². The Hall–Kier alpha value is -2.15. The van der Waals surface area contributed by atoms with Gasteiger partial charge in [0.25, 0.3) is 0 Å². The number of carboxylic acids is 1. The third kappa shape index (κ3) is 3.76. The lowest BCUT2D eigenvalue weighted by atomic mass is 9.94. The third-order valence-electron chi connectivity index (χ3n) is 4.37. The summed E-state index contributed by atoms with van der Waals surface area (Å²) in [4.78, 5) is 23.0. The summed E-state index contributed by atoms with van der Waals surface area (Å²) in [5.74, 6) is -0.979. The van der Waals surface area contributed by atoms with Crippen LogP contribution < -0.4 is 4.74 Å². The van der Waals surface area contributed by atoms with Crippen molar-refractivity contribution in [3.05, 3.63) is 33.9 Å². The average molecular weight is 366 g/mol. The van der Waals surface area contributed by atoms with E-state index in [1.807, 2.05) is 19.9 Å². The number of aliphatic carboxylic acids is 1. The SMILES string of the molecule is COc1c(C)c2c(c(O)c1C/C=C(\C)CC(SC)C(=O)O)C(=O)OC2. The topological polar surface area (TPSA) is 93.1 Å². The molecule has 0 aromatic heterocycles. The average Bonchev–Trinajstić information content (AvgIpc) is 2.96. The molecule has 1 atom stereocenters. The van der Waals surface area contributed by atoms with Gasteiger partial charge >= 0.3 is 11.9 Å². The number of phenols is 1. The lowest BCUT2D eigenvalue weighted by molar-refractivity contribution is -0.136. The number of carbonyl (C=O) groups excluding carboxylic acids is 1. The number of rotatable bonds is 7. The number of ether oxygens (including phenoxy) is 2. The van der Waals surface area contributed by atoms with Crippen LogP contribution in [-0.2, 0) is 22.6 Å². The molecule has 2 N–H and O–H groups in total. The summed E-state index contributed by atoms with van der Waals surface area (Å²) in [6.07, 6.45) is 4.36. The Bertz CT molecular complexity index is 738. The highest BCUT2D eigenvalue weighted by molar-refractivity contribution is 7.99. The monoisotopic (exact) mass is 366 g/mol. The predicted molar refractivity (Wildman–Crippen MR) is 95.5 cm³/mol. The molecule has 6 nitrogen and oxygen atoms in total. The summed E-state index contributed by atoms with van der Waals surface area (Å²) in [7, 11) is 1.51. The number of methoxy groups -OCH3 is 1. The highest BCUT2D eigenvalue weighted by atomic mass is 32.2. The fourth-order valence-electron chi connectivity index (χ4n) is 2.95. The van der Waals surface area contributed by atoms with E-state index in [0.29, 0.717) is 29.7 Å². The minimum Gasteiger partial charge on any atom is -0.507 e. The highest BCUT2D eigenvalue weighted by Gasteiger charge is 2.31. The van der Waals surface area contributed by atoms with Crippen molar-refractivity contribution >= 4 is 23.7 Å². The van der Waals surface area contributed by atoms with Gasteiger partial charge in [0.1, 0.15) is 28.9 Å². The maximum Gasteiger partial charge on any atom is 0.342 e. The third-order valence-corrected chi connectivity index (χ3v) is 5.31. The summed E-state index contributed by atoms with van der Waals surface area (Å²) in [6.45, 7) is 3.81. The van der Waals surface area contributed by atoms with Gasteiger partial charge in [0, 0.05) is 11.1 Å². The van der Waals surface area contributed by atoms with E-state index in [4.69, 9.17) is 14.6 Å². The number of aromatic hydroxyl groups is 1. The Morgan fingerprint density at radius 3 is 2.72 bits per heavy atom. The lowest BCUT2D eigenvalue weighted by Crippen LogP contribution is -2.16. The summed E-state index contributed by atoms with van der Waals surface area (Å²) in [5, 5.41) is 19.2. The zero-order valence-electron chi connectivity index (χ0n) is 14.7. The van der Waals surface area contributed by atoms with Gasteiger partial charge in [-0.15, -0.1) is 11.8 Å². The van der Waals surface area contributed by atoms with Crippen molar-refractivity contribution in [2.75, 3.05) is 13.4 Å². The Kier molecular flexibility index (Phi) is 6.00. The smallest absolute Gasteiger partial charge is 0.342 e. The number of benzene rings is 1. The molecule has 1 aromatic carbocycles. The van der Waals surface area contributed by atoms with Crippen LogP contribution in [0.5, 0.6) is 11.5 Å².